The highest BCUT2D eigenvalue weighted by Crippen LogP contribution is 2.22. The highest BCUT2D eigenvalue weighted by molar-refractivity contribution is 4.77. The van der Waals surface area contributed by atoms with Crippen LogP contribution in [0, 0.1) is 0 Å². The maximum Gasteiger partial charge on any atom is 0.0558 e. The first-order valence-electron chi connectivity index (χ1n) is 10.7. The summed E-state index contributed by atoms with van der Waals surface area (Å²) in [6.07, 6.45) is 13.4. The van der Waals surface area contributed by atoms with Gasteiger partial charge in [-0.3, -0.25) is 4.90 Å². The molecule has 5 nitrogen and oxygen atoms in total. The maximum atomic E-state index is 9.44. The van der Waals surface area contributed by atoms with Crippen LogP contribution in [0.5, 0.6) is 0 Å². The number of aliphatic hydroxyl groups excluding tert-OH is 2. The van der Waals surface area contributed by atoms with Crippen LogP contribution >= 0.6 is 0 Å². The van der Waals surface area contributed by atoms with E-state index >= 15 is 0 Å². The summed E-state index contributed by atoms with van der Waals surface area (Å²) in [4.78, 5) is 5.11. The Morgan fingerprint density at radius 3 is 1.96 bits per heavy atom. The molecule has 1 fully saturated rings. The van der Waals surface area contributed by atoms with E-state index in [1.165, 1.54) is 51.4 Å². The third-order valence-corrected chi connectivity index (χ3v) is 5.49. The van der Waals surface area contributed by atoms with Crippen LogP contribution in [-0.4, -0.2) is 78.5 Å². The Kier molecular flexibility index (Phi) is 14.6. The van der Waals surface area contributed by atoms with Crippen molar-refractivity contribution in [2.75, 3.05) is 52.5 Å². The van der Waals surface area contributed by atoms with Crippen LogP contribution in [0.1, 0.15) is 70.6 Å². The van der Waals surface area contributed by atoms with E-state index in [0.717, 1.165) is 58.5 Å². The molecule has 150 valence electrons. The van der Waals surface area contributed by atoms with Crippen LogP contribution in [0.3, 0.4) is 0 Å². The van der Waals surface area contributed by atoms with Gasteiger partial charge >= 0.3 is 0 Å². The molecular formula is C20H43N3O2. The molecule has 0 bridgehead atoms. The van der Waals surface area contributed by atoms with E-state index in [9.17, 15) is 5.11 Å². The zero-order valence-corrected chi connectivity index (χ0v) is 16.4. The molecule has 0 aromatic rings. The van der Waals surface area contributed by atoms with Gasteiger partial charge in [0.15, 0.2) is 0 Å². The highest BCUT2D eigenvalue weighted by atomic mass is 16.3. The molecule has 1 aliphatic rings. The standard InChI is InChI=1S/C20H43N3O2/c21-12-6-2-7-13-22(14-8-3-9-18-24)15-16-23(17-19-25)20-10-4-1-5-11-20/h20,24-25H,1-19,21H2. The average Bonchev–Trinajstić information content (AvgIpc) is 2.65. The van der Waals surface area contributed by atoms with E-state index in [-0.39, 0.29) is 6.61 Å². The zero-order chi connectivity index (χ0) is 18.2. The lowest BCUT2D eigenvalue weighted by Gasteiger charge is -2.35. The Labute approximate surface area is 155 Å². The fourth-order valence-corrected chi connectivity index (χ4v) is 3.94. The zero-order valence-electron chi connectivity index (χ0n) is 16.4. The van der Waals surface area contributed by atoms with Crippen LogP contribution in [0.25, 0.3) is 0 Å². The van der Waals surface area contributed by atoms with Crippen molar-refractivity contribution < 1.29 is 10.2 Å². The van der Waals surface area contributed by atoms with Crippen molar-refractivity contribution in [3.8, 4) is 0 Å². The second kappa shape index (κ2) is 16.0. The van der Waals surface area contributed by atoms with Crippen molar-refractivity contribution in [2.24, 2.45) is 5.73 Å². The third kappa shape index (κ3) is 11.2. The monoisotopic (exact) mass is 357 g/mol. The van der Waals surface area contributed by atoms with Crippen LogP contribution in [0.4, 0.5) is 0 Å². The first kappa shape index (κ1) is 22.8. The summed E-state index contributed by atoms with van der Waals surface area (Å²) < 4.78 is 0. The molecule has 1 rings (SSSR count). The van der Waals surface area contributed by atoms with Gasteiger partial charge in [0.2, 0.25) is 0 Å². The first-order valence-corrected chi connectivity index (χ1v) is 10.7. The van der Waals surface area contributed by atoms with Gasteiger partial charge in [0.25, 0.3) is 0 Å². The van der Waals surface area contributed by atoms with Gasteiger partial charge < -0.3 is 20.8 Å². The summed E-state index contributed by atoms with van der Waals surface area (Å²) in [6, 6.07) is 0.675. The Morgan fingerprint density at radius 1 is 0.680 bits per heavy atom. The van der Waals surface area contributed by atoms with Crippen LogP contribution in [0.15, 0.2) is 0 Å². The summed E-state index contributed by atoms with van der Waals surface area (Å²) in [7, 11) is 0. The first-order chi connectivity index (χ1) is 12.3. The van der Waals surface area contributed by atoms with E-state index in [1.54, 1.807) is 0 Å². The van der Waals surface area contributed by atoms with Gasteiger partial charge in [0.05, 0.1) is 6.61 Å². The lowest BCUT2D eigenvalue weighted by molar-refractivity contribution is 0.107. The molecule has 0 heterocycles. The molecule has 0 atom stereocenters. The molecule has 0 aliphatic heterocycles. The normalized spacial score (nSPS) is 16.2. The highest BCUT2D eigenvalue weighted by Gasteiger charge is 2.21. The number of unbranched alkanes of at least 4 members (excludes halogenated alkanes) is 4. The number of nitrogens with two attached hydrogens (primary N) is 1. The number of rotatable bonds is 16. The van der Waals surface area contributed by atoms with Crippen LogP contribution < -0.4 is 5.73 Å². The number of hydrogen-bond acceptors (Lipinski definition) is 5. The van der Waals surface area contributed by atoms with Crippen molar-refractivity contribution in [2.45, 2.75) is 76.7 Å². The molecule has 4 N–H and O–H groups in total. The van der Waals surface area contributed by atoms with E-state index in [1.807, 2.05) is 0 Å². The summed E-state index contributed by atoms with van der Waals surface area (Å²) in [5.41, 5.74) is 5.61. The predicted molar refractivity (Wildman–Crippen MR) is 106 cm³/mol. The van der Waals surface area contributed by atoms with Gasteiger partial charge in [0.1, 0.15) is 0 Å². The minimum absolute atomic E-state index is 0.267. The molecule has 5 heteroatoms. The largest absolute Gasteiger partial charge is 0.396 e. The average molecular weight is 358 g/mol. The Hall–Kier alpha value is -0.200. The molecule has 0 aromatic heterocycles. The fourth-order valence-electron chi connectivity index (χ4n) is 3.94. The van der Waals surface area contributed by atoms with E-state index in [4.69, 9.17) is 10.8 Å². The Morgan fingerprint density at radius 2 is 1.36 bits per heavy atom. The SMILES string of the molecule is NCCCCCN(CCCCCO)CCN(CCO)C1CCCCC1. The quantitative estimate of drug-likeness (QED) is 0.369. The topological polar surface area (TPSA) is 73.0 Å². The molecule has 1 saturated carbocycles. The van der Waals surface area contributed by atoms with E-state index in [0.29, 0.717) is 12.6 Å². The number of hydrogen-bond donors (Lipinski definition) is 3. The van der Waals surface area contributed by atoms with Crippen LogP contribution in [-0.2, 0) is 0 Å². The van der Waals surface area contributed by atoms with E-state index < -0.39 is 0 Å². The third-order valence-electron chi connectivity index (χ3n) is 5.49. The lowest BCUT2D eigenvalue weighted by atomic mass is 9.94. The second-order valence-electron chi connectivity index (χ2n) is 7.53. The minimum atomic E-state index is 0.267. The molecule has 0 saturated heterocycles. The van der Waals surface area contributed by atoms with Crippen molar-refractivity contribution in [3.05, 3.63) is 0 Å². The van der Waals surface area contributed by atoms with Gasteiger partial charge in [-0.25, -0.2) is 0 Å². The number of nitrogens with zero attached hydrogens (tertiary/aromatic N) is 2. The molecule has 25 heavy (non-hydrogen) atoms. The molecular weight excluding hydrogens is 314 g/mol. The van der Waals surface area contributed by atoms with Gasteiger partial charge in [-0.15, -0.1) is 0 Å². The molecule has 0 spiro atoms. The van der Waals surface area contributed by atoms with Gasteiger partial charge in [-0.05, 0) is 64.6 Å². The molecule has 0 aromatic carbocycles. The van der Waals surface area contributed by atoms with Crippen LogP contribution in [0.2, 0.25) is 0 Å². The van der Waals surface area contributed by atoms with Crippen molar-refractivity contribution in [1.29, 1.82) is 0 Å². The maximum absolute atomic E-state index is 9.44. The number of aliphatic hydroxyl groups is 2. The summed E-state index contributed by atoms with van der Waals surface area (Å²) >= 11 is 0. The molecule has 0 amide bonds. The smallest absolute Gasteiger partial charge is 0.0558 e. The van der Waals surface area contributed by atoms with Crippen molar-refractivity contribution >= 4 is 0 Å². The summed E-state index contributed by atoms with van der Waals surface area (Å²) in [6.45, 7) is 6.63. The molecule has 0 unspecified atom stereocenters. The van der Waals surface area contributed by atoms with Gasteiger partial charge in [-0.2, -0.15) is 0 Å². The lowest BCUT2D eigenvalue weighted by Crippen LogP contribution is -2.43. The Balaban J connectivity index is 2.38. The van der Waals surface area contributed by atoms with Crippen molar-refractivity contribution in [3.63, 3.8) is 0 Å². The molecule has 1 aliphatic carbocycles. The van der Waals surface area contributed by atoms with Crippen molar-refractivity contribution in [1.82, 2.24) is 9.80 Å². The van der Waals surface area contributed by atoms with Gasteiger partial charge in [0, 0.05) is 32.3 Å². The summed E-state index contributed by atoms with van der Waals surface area (Å²) in [5, 5.41) is 18.4. The van der Waals surface area contributed by atoms with E-state index in [2.05, 4.69) is 9.80 Å². The minimum Gasteiger partial charge on any atom is -0.396 e. The van der Waals surface area contributed by atoms with Gasteiger partial charge in [-0.1, -0.05) is 25.7 Å². The summed E-state index contributed by atoms with van der Waals surface area (Å²) in [5.74, 6) is 0. The Bertz CT molecular complexity index is 274. The second-order valence-corrected chi connectivity index (χ2v) is 7.53. The fraction of sp³-hybridized carbons (Fsp3) is 1.00. The molecule has 0 radical (unpaired) electrons. The predicted octanol–water partition coefficient (Wildman–Crippen LogP) is 2.21.